The first-order valence-electron chi connectivity index (χ1n) is 7.75. The number of para-hydroxylation sites is 1. The summed E-state index contributed by atoms with van der Waals surface area (Å²) in [7, 11) is 0. The molecule has 3 aromatic rings. The SMILES string of the molecule is NCCc1nc(C(=O)NCCCc2c[nH]c3ccccc23)cs1. The van der Waals surface area contributed by atoms with E-state index in [0.717, 1.165) is 29.8 Å². The van der Waals surface area contributed by atoms with Gasteiger partial charge >= 0.3 is 0 Å². The first kappa shape index (κ1) is 15.7. The van der Waals surface area contributed by atoms with Crippen molar-refractivity contribution in [1.82, 2.24) is 15.3 Å². The van der Waals surface area contributed by atoms with Crippen LogP contribution in [0.1, 0.15) is 27.5 Å². The van der Waals surface area contributed by atoms with E-state index in [1.54, 1.807) is 5.38 Å². The molecular formula is C17H20N4OS. The number of nitrogens with one attached hydrogen (secondary N) is 2. The van der Waals surface area contributed by atoms with Crippen molar-refractivity contribution >= 4 is 28.1 Å². The number of hydrogen-bond acceptors (Lipinski definition) is 4. The van der Waals surface area contributed by atoms with Gasteiger partial charge in [0.05, 0.1) is 5.01 Å². The van der Waals surface area contributed by atoms with E-state index in [2.05, 4.69) is 27.4 Å². The largest absolute Gasteiger partial charge is 0.361 e. The Labute approximate surface area is 138 Å². The lowest BCUT2D eigenvalue weighted by Gasteiger charge is -2.03. The second-order valence-electron chi connectivity index (χ2n) is 5.38. The number of H-pyrrole nitrogens is 1. The first-order valence-corrected chi connectivity index (χ1v) is 8.63. The fourth-order valence-electron chi connectivity index (χ4n) is 2.56. The molecule has 0 aliphatic heterocycles. The fraction of sp³-hybridized carbons (Fsp3) is 0.294. The number of nitrogens with two attached hydrogens (primary N) is 1. The topological polar surface area (TPSA) is 83.8 Å². The highest BCUT2D eigenvalue weighted by Crippen LogP contribution is 2.18. The standard InChI is InChI=1S/C17H20N4OS/c18-8-7-16-21-15(11-23-16)17(22)19-9-3-4-12-10-20-14-6-2-1-5-13(12)14/h1-2,5-6,10-11,20H,3-4,7-9,18H2,(H,19,22). The van der Waals surface area contributed by atoms with Gasteiger partial charge in [0, 0.05) is 35.4 Å². The highest BCUT2D eigenvalue weighted by Gasteiger charge is 2.10. The summed E-state index contributed by atoms with van der Waals surface area (Å²) >= 11 is 1.49. The maximum Gasteiger partial charge on any atom is 0.270 e. The summed E-state index contributed by atoms with van der Waals surface area (Å²) in [4.78, 5) is 19.6. The number of thiazole rings is 1. The molecule has 6 heteroatoms. The number of carbonyl (C=O) groups is 1. The Kier molecular flexibility index (Phi) is 5.05. The summed E-state index contributed by atoms with van der Waals surface area (Å²) in [6.45, 7) is 1.20. The molecule has 0 unspecified atom stereocenters. The minimum Gasteiger partial charge on any atom is -0.361 e. The van der Waals surface area contributed by atoms with Crippen molar-refractivity contribution in [2.75, 3.05) is 13.1 Å². The van der Waals surface area contributed by atoms with E-state index < -0.39 is 0 Å². The van der Waals surface area contributed by atoms with Crippen LogP contribution in [0, 0.1) is 0 Å². The number of aryl methyl sites for hydroxylation is 1. The third kappa shape index (κ3) is 3.78. The van der Waals surface area contributed by atoms with Crippen molar-refractivity contribution in [3.8, 4) is 0 Å². The van der Waals surface area contributed by atoms with Crippen LogP contribution in [0.5, 0.6) is 0 Å². The van der Waals surface area contributed by atoms with Gasteiger partial charge in [-0.25, -0.2) is 4.98 Å². The molecule has 0 aliphatic carbocycles. The van der Waals surface area contributed by atoms with Crippen molar-refractivity contribution in [2.24, 2.45) is 5.73 Å². The van der Waals surface area contributed by atoms with Gasteiger partial charge in [-0.05, 0) is 31.0 Å². The molecule has 0 bridgehead atoms. The second-order valence-corrected chi connectivity index (χ2v) is 6.33. The van der Waals surface area contributed by atoms with E-state index >= 15 is 0 Å². The fourth-order valence-corrected chi connectivity index (χ4v) is 3.36. The molecule has 3 rings (SSSR count). The van der Waals surface area contributed by atoms with Crippen molar-refractivity contribution < 1.29 is 4.79 Å². The lowest BCUT2D eigenvalue weighted by atomic mass is 10.1. The van der Waals surface area contributed by atoms with Crippen molar-refractivity contribution in [3.05, 3.63) is 52.1 Å². The molecule has 120 valence electrons. The van der Waals surface area contributed by atoms with Crippen molar-refractivity contribution in [1.29, 1.82) is 0 Å². The van der Waals surface area contributed by atoms with Crippen LogP contribution in [0.15, 0.2) is 35.8 Å². The Bertz CT molecular complexity index is 793. The van der Waals surface area contributed by atoms with Gasteiger partial charge in [0.1, 0.15) is 5.69 Å². The number of aromatic amines is 1. The van der Waals surface area contributed by atoms with Crippen molar-refractivity contribution in [2.45, 2.75) is 19.3 Å². The van der Waals surface area contributed by atoms with Crippen LogP contribution in [-0.4, -0.2) is 29.0 Å². The van der Waals surface area contributed by atoms with E-state index in [-0.39, 0.29) is 5.91 Å². The van der Waals surface area contributed by atoms with Crippen LogP contribution >= 0.6 is 11.3 Å². The van der Waals surface area contributed by atoms with Crippen molar-refractivity contribution in [3.63, 3.8) is 0 Å². The van der Waals surface area contributed by atoms with Crippen LogP contribution in [0.25, 0.3) is 10.9 Å². The van der Waals surface area contributed by atoms with E-state index in [9.17, 15) is 4.79 Å². The highest BCUT2D eigenvalue weighted by atomic mass is 32.1. The number of rotatable bonds is 7. The summed E-state index contributed by atoms with van der Waals surface area (Å²) < 4.78 is 0. The van der Waals surface area contributed by atoms with Gasteiger partial charge < -0.3 is 16.0 Å². The van der Waals surface area contributed by atoms with E-state index in [4.69, 9.17) is 5.73 Å². The number of fused-ring (bicyclic) bond motifs is 1. The predicted molar refractivity (Wildman–Crippen MR) is 93.8 cm³/mol. The maximum absolute atomic E-state index is 12.0. The van der Waals surface area contributed by atoms with Crippen LogP contribution in [0.3, 0.4) is 0 Å². The molecule has 0 fully saturated rings. The molecule has 2 heterocycles. The Morgan fingerprint density at radius 2 is 2.17 bits per heavy atom. The summed E-state index contributed by atoms with van der Waals surface area (Å²) in [6, 6.07) is 8.26. The normalized spacial score (nSPS) is 11.0. The molecule has 0 saturated carbocycles. The molecule has 23 heavy (non-hydrogen) atoms. The van der Waals surface area contributed by atoms with Crippen LogP contribution in [-0.2, 0) is 12.8 Å². The molecule has 1 aromatic carbocycles. The summed E-state index contributed by atoms with van der Waals surface area (Å²) in [5.41, 5.74) is 8.42. The van der Waals surface area contributed by atoms with Gasteiger partial charge in [-0.15, -0.1) is 11.3 Å². The summed E-state index contributed by atoms with van der Waals surface area (Å²) in [6.07, 6.45) is 4.59. The molecule has 1 amide bonds. The number of nitrogens with zero attached hydrogens (tertiary/aromatic N) is 1. The quantitative estimate of drug-likeness (QED) is 0.583. The molecule has 5 nitrogen and oxygen atoms in total. The Balaban J connectivity index is 1.48. The monoisotopic (exact) mass is 328 g/mol. The smallest absolute Gasteiger partial charge is 0.270 e. The number of aromatic nitrogens is 2. The van der Waals surface area contributed by atoms with Crippen LogP contribution in [0.4, 0.5) is 0 Å². The molecule has 2 aromatic heterocycles. The van der Waals surface area contributed by atoms with Gasteiger partial charge in [0.25, 0.3) is 5.91 Å². The van der Waals surface area contributed by atoms with E-state index in [1.165, 1.54) is 22.3 Å². The molecular weight excluding hydrogens is 308 g/mol. The predicted octanol–water partition coefficient (Wildman–Crippen LogP) is 2.49. The maximum atomic E-state index is 12.0. The van der Waals surface area contributed by atoms with Gasteiger partial charge in [-0.1, -0.05) is 18.2 Å². The van der Waals surface area contributed by atoms with Crippen LogP contribution in [0.2, 0.25) is 0 Å². The molecule has 4 N–H and O–H groups in total. The average molecular weight is 328 g/mol. The number of carbonyl (C=O) groups excluding carboxylic acids is 1. The minimum absolute atomic E-state index is 0.108. The zero-order valence-corrected chi connectivity index (χ0v) is 13.7. The summed E-state index contributed by atoms with van der Waals surface area (Å²) in [5.74, 6) is -0.108. The summed E-state index contributed by atoms with van der Waals surface area (Å²) in [5, 5.41) is 6.89. The highest BCUT2D eigenvalue weighted by molar-refractivity contribution is 7.09. The minimum atomic E-state index is -0.108. The Morgan fingerprint density at radius 3 is 3.04 bits per heavy atom. The molecule has 0 saturated heterocycles. The lowest BCUT2D eigenvalue weighted by molar-refractivity contribution is 0.0949. The molecule has 0 radical (unpaired) electrons. The van der Waals surface area contributed by atoms with E-state index in [1.807, 2.05) is 18.3 Å². The van der Waals surface area contributed by atoms with Gasteiger partial charge in [-0.3, -0.25) is 4.79 Å². The molecule has 0 aliphatic rings. The molecule has 0 spiro atoms. The Morgan fingerprint density at radius 1 is 1.30 bits per heavy atom. The first-order chi connectivity index (χ1) is 11.3. The van der Waals surface area contributed by atoms with Gasteiger partial charge in [0.15, 0.2) is 0 Å². The number of hydrogen-bond donors (Lipinski definition) is 3. The Hall–Kier alpha value is -2.18. The number of benzene rings is 1. The zero-order valence-electron chi connectivity index (χ0n) is 12.8. The zero-order chi connectivity index (χ0) is 16.1. The van der Waals surface area contributed by atoms with Crippen LogP contribution < -0.4 is 11.1 Å². The second kappa shape index (κ2) is 7.39. The third-order valence-electron chi connectivity index (χ3n) is 3.73. The van der Waals surface area contributed by atoms with E-state index in [0.29, 0.717) is 18.8 Å². The van der Waals surface area contributed by atoms with Gasteiger partial charge in [-0.2, -0.15) is 0 Å². The third-order valence-corrected chi connectivity index (χ3v) is 4.63. The number of amides is 1. The average Bonchev–Trinajstić information content (AvgIpc) is 3.19. The molecule has 0 atom stereocenters. The van der Waals surface area contributed by atoms with Gasteiger partial charge in [0.2, 0.25) is 0 Å². The lowest BCUT2D eigenvalue weighted by Crippen LogP contribution is -2.25.